The molecule has 1 heterocycles. The van der Waals surface area contributed by atoms with Crippen molar-refractivity contribution in [2.24, 2.45) is 0 Å². The molecular formula is C12H22N4. The molecular weight excluding hydrogens is 200 g/mol. The van der Waals surface area contributed by atoms with E-state index in [9.17, 15) is 0 Å². The summed E-state index contributed by atoms with van der Waals surface area (Å²) in [6.07, 6.45) is 9.44. The van der Waals surface area contributed by atoms with Gasteiger partial charge in [0.1, 0.15) is 12.2 Å². The van der Waals surface area contributed by atoms with Gasteiger partial charge in [-0.1, -0.05) is 26.2 Å². The van der Waals surface area contributed by atoms with Crippen molar-refractivity contribution in [3.63, 3.8) is 0 Å². The summed E-state index contributed by atoms with van der Waals surface area (Å²) in [5.41, 5.74) is 0. The predicted octanol–water partition coefficient (Wildman–Crippen LogP) is 2.11. The van der Waals surface area contributed by atoms with Crippen LogP contribution in [0.25, 0.3) is 0 Å². The topological polar surface area (TPSA) is 42.7 Å². The van der Waals surface area contributed by atoms with Crippen LogP contribution in [0.4, 0.5) is 0 Å². The minimum atomic E-state index is 0.741. The lowest BCUT2D eigenvalue weighted by Gasteiger charge is -2.06. The molecule has 90 valence electrons. The molecule has 0 bridgehead atoms. The zero-order valence-electron chi connectivity index (χ0n) is 10.2. The molecule has 0 aliphatic heterocycles. The first-order chi connectivity index (χ1) is 7.90. The first kappa shape index (κ1) is 11.6. The summed E-state index contributed by atoms with van der Waals surface area (Å²) in [4.78, 5) is 4.30. The standard InChI is InChI=1S/C12H22N4/c1-2-3-4-5-8-16-12(14-10-15-16)9-13-11-6-7-11/h10-11,13H,2-9H2,1H3. The molecule has 2 rings (SSSR count). The third kappa shape index (κ3) is 3.59. The summed E-state index contributed by atoms with van der Waals surface area (Å²) >= 11 is 0. The molecule has 4 nitrogen and oxygen atoms in total. The minimum Gasteiger partial charge on any atom is -0.307 e. The summed E-state index contributed by atoms with van der Waals surface area (Å²) in [6, 6.07) is 0.741. The van der Waals surface area contributed by atoms with Crippen LogP contribution in [0.1, 0.15) is 51.3 Å². The molecule has 1 N–H and O–H groups in total. The Balaban J connectivity index is 1.71. The van der Waals surface area contributed by atoms with E-state index in [-0.39, 0.29) is 0 Å². The van der Waals surface area contributed by atoms with Crippen molar-refractivity contribution in [2.45, 2.75) is 64.6 Å². The number of unbranched alkanes of at least 4 members (excludes halogenated alkanes) is 3. The van der Waals surface area contributed by atoms with Crippen molar-refractivity contribution in [3.8, 4) is 0 Å². The summed E-state index contributed by atoms with van der Waals surface area (Å²) in [5.74, 6) is 1.09. The van der Waals surface area contributed by atoms with Gasteiger partial charge in [-0.3, -0.25) is 0 Å². The van der Waals surface area contributed by atoms with Gasteiger partial charge in [0.25, 0.3) is 0 Å². The normalized spacial score (nSPS) is 15.6. The Hall–Kier alpha value is -0.900. The molecule has 1 aromatic rings. The second-order valence-electron chi connectivity index (χ2n) is 4.62. The van der Waals surface area contributed by atoms with Gasteiger partial charge in [0.2, 0.25) is 0 Å². The largest absolute Gasteiger partial charge is 0.307 e. The first-order valence-corrected chi connectivity index (χ1v) is 6.50. The Labute approximate surface area is 97.5 Å². The lowest BCUT2D eigenvalue weighted by Crippen LogP contribution is -2.19. The number of hydrogen-bond acceptors (Lipinski definition) is 3. The van der Waals surface area contributed by atoms with Crippen molar-refractivity contribution in [1.82, 2.24) is 20.1 Å². The van der Waals surface area contributed by atoms with E-state index in [1.165, 1.54) is 38.5 Å². The van der Waals surface area contributed by atoms with Crippen molar-refractivity contribution >= 4 is 0 Å². The predicted molar refractivity (Wildman–Crippen MR) is 64.0 cm³/mol. The molecule has 1 aromatic heterocycles. The minimum absolute atomic E-state index is 0.741. The highest BCUT2D eigenvalue weighted by Crippen LogP contribution is 2.18. The quantitative estimate of drug-likeness (QED) is 0.685. The van der Waals surface area contributed by atoms with Gasteiger partial charge in [-0.2, -0.15) is 5.10 Å². The van der Waals surface area contributed by atoms with E-state index in [1.807, 2.05) is 4.68 Å². The Kier molecular flexibility index (Phi) is 4.34. The number of aromatic nitrogens is 3. The highest BCUT2D eigenvalue weighted by Gasteiger charge is 2.20. The average molecular weight is 222 g/mol. The maximum absolute atomic E-state index is 4.30. The molecule has 0 atom stereocenters. The van der Waals surface area contributed by atoms with Crippen LogP contribution in [-0.4, -0.2) is 20.8 Å². The van der Waals surface area contributed by atoms with Crippen LogP contribution in [-0.2, 0) is 13.1 Å². The molecule has 0 unspecified atom stereocenters. The van der Waals surface area contributed by atoms with Gasteiger partial charge in [-0.05, 0) is 19.3 Å². The van der Waals surface area contributed by atoms with Gasteiger partial charge in [-0.15, -0.1) is 0 Å². The Morgan fingerprint density at radius 3 is 3.00 bits per heavy atom. The smallest absolute Gasteiger partial charge is 0.140 e. The van der Waals surface area contributed by atoms with Crippen LogP contribution < -0.4 is 5.32 Å². The maximum atomic E-state index is 4.30. The fourth-order valence-corrected chi connectivity index (χ4v) is 1.82. The van der Waals surface area contributed by atoms with Crippen LogP contribution in [0.2, 0.25) is 0 Å². The third-order valence-electron chi connectivity index (χ3n) is 3.05. The molecule has 1 aliphatic rings. The van der Waals surface area contributed by atoms with E-state index in [1.54, 1.807) is 6.33 Å². The Bertz CT molecular complexity index is 304. The summed E-state index contributed by atoms with van der Waals surface area (Å²) in [7, 11) is 0. The van der Waals surface area contributed by atoms with E-state index in [0.717, 1.165) is 25.0 Å². The van der Waals surface area contributed by atoms with Gasteiger partial charge in [-0.25, -0.2) is 9.67 Å². The Morgan fingerprint density at radius 2 is 2.25 bits per heavy atom. The average Bonchev–Trinajstić information content (AvgIpc) is 3.02. The fourth-order valence-electron chi connectivity index (χ4n) is 1.82. The molecule has 1 aliphatic carbocycles. The fraction of sp³-hybridized carbons (Fsp3) is 0.833. The van der Waals surface area contributed by atoms with Crippen LogP contribution in [0.5, 0.6) is 0 Å². The molecule has 0 radical (unpaired) electrons. The summed E-state index contributed by atoms with van der Waals surface area (Å²) in [5, 5.41) is 7.76. The molecule has 0 amide bonds. The van der Waals surface area contributed by atoms with Gasteiger partial charge in [0, 0.05) is 12.6 Å². The van der Waals surface area contributed by atoms with Gasteiger partial charge in [0.15, 0.2) is 0 Å². The lowest BCUT2D eigenvalue weighted by molar-refractivity contribution is 0.506. The van der Waals surface area contributed by atoms with E-state index in [4.69, 9.17) is 0 Å². The highest BCUT2D eigenvalue weighted by molar-refractivity contribution is 4.88. The number of rotatable bonds is 8. The highest BCUT2D eigenvalue weighted by atomic mass is 15.3. The Morgan fingerprint density at radius 1 is 1.38 bits per heavy atom. The molecule has 0 saturated heterocycles. The molecule has 1 fully saturated rings. The van der Waals surface area contributed by atoms with Crippen LogP contribution in [0.15, 0.2) is 6.33 Å². The van der Waals surface area contributed by atoms with Crippen LogP contribution >= 0.6 is 0 Å². The monoisotopic (exact) mass is 222 g/mol. The van der Waals surface area contributed by atoms with E-state index >= 15 is 0 Å². The maximum Gasteiger partial charge on any atom is 0.140 e. The zero-order valence-corrected chi connectivity index (χ0v) is 10.2. The van der Waals surface area contributed by atoms with Crippen molar-refractivity contribution in [2.75, 3.05) is 0 Å². The second kappa shape index (κ2) is 5.99. The number of hydrogen-bond donors (Lipinski definition) is 1. The van der Waals surface area contributed by atoms with Gasteiger partial charge >= 0.3 is 0 Å². The number of nitrogens with one attached hydrogen (secondary N) is 1. The third-order valence-corrected chi connectivity index (χ3v) is 3.05. The second-order valence-corrected chi connectivity index (χ2v) is 4.62. The summed E-state index contributed by atoms with van der Waals surface area (Å²) < 4.78 is 2.05. The molecule has 1 saturated carbocycles. The van der Waals surface area contributed by atoms with Crippen LogP contribution in [0, 0.1) is 0 Å². The molecule has 0 spiro atoms. The van der Waals surface area contributed by atoms with Crippen LogP contribution in [0.3, 0.4) is 0 Å². The van der Waals surface area contributed by atoms with E-state index < -0.39 is 0 Å². The number of nitrogens with zero attached hydrogens (tertiary/aromatic N) is 3. The SMILES string of the molecule is CCCCCCn1ncnc1CNC1CC1. The van der Waals surface area contributed by atoms with Crippen molar-refractivity contribution < 1.29 is 0 Å². The first-order valence-electron chi connectivity index (χ1n) is 6.50. The van der Waals surface area contributed by atoms with E-state index in [2.05, 4.69) is 22.3 Å². The lowest BCUT2D eigenvalue weighted by atomic mass is 10.2. The zero-order chi connectivity index (χ0) is 11.2. The summed E-state index contributed by atoms with van der Waals surface area (Å²) in [6.45, 7) is 4.13. The molecule has 4 heteroatoms. The van der Waals surface area contributed by atoms with E-state index in [0.29, 0.717) is 0 Å². The van der Waals surface area contributed by atoms with Crippen molar-refractivity contribution in [3.05, 3.63) is 12.2 Å². The van der Waals surface area contributed by atoms with Gasteiger partial charge in [0.05, 0.1) is 6.54 Å². The van der Waals surface area contributed by atoms with Gasteiger partial charge < -0.3 is 5.32 Å². The van der Waals surface area contributed by atoms with Crippen molar-refractivity contribution in [1.29, 1.82) is 0 Å². The number of aryl methyl sites for hydroxylation is 1. The molecule has 0 aromatic carbocycles. The molecule has 16 heavy (non-hydrogen) atoms.